The number of anilines is 1. The summed E-state index contributed by atoms with van der Waals surface area (Å²) in [5, 5.41) is 8.79. The second-order valence-corrected chi connectivity index (χ2v) is 5.04. The van der Waals surface area contributed by atoms with E-state index in [4.69, 9.17) is 5.26 Å². The average Bonchev–Trinajstić information content (AvgIpc) is 2.52. The van der Waals surface area contributed by atoms with Gasteiger partial charge in [0.25, 0.3) is 0 Å². The molecule has 1 aromatic heterocycles. The largest absolute Gasteiger partial charge is 0.417 e. The van der Waals surface area contributed by atoms with Gasteiger partial charge in [0.1, 0.15) is 17.7 Å². The molecule has 23 heavy (non-hydrogen) atoms. The molecule has 0 radical (unpaired) electrons. The summed E-state index contributed by atoms with van der Waals surface area (Å²) in [6, 6.07) is 7.71. The predicted molar refractivity (Wildman–Crippen MR) is 77.2 cm³/mol. The number of nitriles is 1. The van der Waals surface area contributed by atoms with Crippen LogP contribution in [0.15, 0.2) is 36.5 Å². The quantitative estimate of drug-likeness (QED) is 0.790. The number of benzene rings is 1. The third-order valence-electron chi connectivity index (χ3n) is 3.61. The molecule has 2 aromatic rings. The SMILES string of the molecule is CC(c1ccc(F)cc1)N(C)c1cc(C(F)(F)F)c(C#N)cn1. The number of pyridine rings is 1. The molecule has 1 atom stereocenters. The zero-order valence-electron chi connectivity index (χ0n) is 12.4. The third-order valence-corrected chi connectivity index (χ3v) is 3.61. The lowest BCUT2D eigenvalue weighted by Crippen LogP contribution is -2.23. The van der Waals surface area contributed by atoms with E-state index >= 15 is 0 Å². The first-order valence-electron chi connectivity index (χ1n) is 6.69. The topological polar surface area (TPSA) is 39.9 Å². The van der Waals surface area contributed by atoms with Crippen molar-refractivity contribution in [2.24, 2.45) is 0 Å². The van der Waals surface area contributed by atoms with Gasteiger partial charge < -0.3 is 4.90 Å². The van der Waals surface area contributed by atoms with Gasteiger partial charge in [-0.3, -0.25) is 0 Å². The van der Waals surface area contributed by atoms with E-state index in [-0.39, 0.29) is 17.7 Å². The number of nitrogens with zero attached hydrogens (tertiary/aromatic N) is 3. The molecule has 2 rings (SSSR count). The van der Waals surface area contributed by atoms with Gasteiger partial charge >= 0.3 is 6.18 Å². The second-order valence-electron chi connectivity index (χ2n) is 5.04. The highest BCUT2D eigenvalue weighted by Gasteiger charge is 2.34. The molecule has 1 unspecified atom stereocenters. The van der Waals surface area contributed by atoms with Gasteiger partial charge in [0.05, 0.1) is 17.2 Å². The zero-order valence-corrected chi connectivity index (χ0v) is 12.4. The van der Waals surface area contributed by atoms with Crippen LogP contribution in [0.25, 0.3) is 0 Å². The molecule has 0 bridgehead atoms. The first-order chi connectivity index (χ1) is 10.7. The highest BCUT2D eigenvalue weighted by Crippen LogP contribution is 2.34. The Balaban J connectivity index is 2.38. The maximum atomic E-state index is 13.0. The van der Waals surface area contributed by atoms with Gasteiger partial charge in [-0.2, -0.15) is 18.4 Å². The van der Waals surface area contributed by atoms with Crippen molar-refractivity contribution in [2.75, 3.05) is 11.9 Å². The minimum Gasteiger partial charge on any atom is -0.353 e. The van der Waals surface area contributed by atoms with Crippen LogP contribution >= 0.6 is 0 Å². The second kappa shape index (κ2) is 6.24. The minimum absolute atomic E-state index is 0.0770. The van der Waals surface area contributed by atoms with Crippen molar-refractivity contribution in [3.05, 3.63) is 59.0 Å². The van der Waals surface area contributed by atoms with E-state index < -0.39 is 17.3 Å². The first kappa shape index (κ1) is 16.7. The van der Waals surface area contributed by atoms with Crippen LogP contribution in [0.2, 0.25) is 0 Å². The van der Waals surface area contributed by atoms with E-state index in [1.54, 1.807) is 26.1 Å². The first-order valence-corrected chi connectivity index (χ1v) is 6.69. The summed E-state index contributed by atoms with van der Waals surface area (Å²) in [6.07, 6.45) is -3.73. The summed E-state index contributed by atoms with van der Waals surface area (Å²) in [5.74, 6) is -0.312. The summed E-state index contributed by atoms with van der Waals surface area (Å²) in [7, 11) is 1.59. The molecule has 1 aromatic carbocycles. The van der Waals surface area contributed by atoms with Gasteiger partial charge in [0.15, 0.2) is 0 Å². The molecule has 3 nitrogen and oxygen atoms in total. The Morgan fingerprint density at radius 3 is 2.35 bits per heavy atom. The lowest BCUT2D eigenvalue weighted by Gasteiger charge is -2.27. The number of hydrogen-bond acceptors (Lipinski definition) is 3. The molecule has 7 heteroatoms. The Bertz CT molecular complexity index is 732. The maximum Gasteiger partial charge on any atom is 0.417 e. The minimum atomic E-state index is -4.64. The van der Waals surface area contributed by atoms with Crippen LogP contribution in [0.1, 0.15) is 29.7 Å². The summed E-state index contributed by atoms with van der Waals surface area (Å²) in [5.41, 5.74) is -0.819. The van der Waals surface area contributed by atoms with Crippen LogP contribution in [-0.4, -0.2) is 12.0 Å². The Morgan fingerprint density at radius 1 is 1.22 bits per heavy atom. The third kappa shape index (κ3) is 3.59. The lowest BCUT2D eigenvalue weighted by atomic mass is 10.1. The lowest BCUT2D eigenvalue weighted by molar-refractivity contribution is -0.137. The van der Waals surface area contributed by atoms with Crippen LogP contribution in [0.5, 0.6) is 0 Å². The number of rotatable bonds is 3. The molecular formula is C16H13F4N3. The molecular weight excluding hydrogens is 310 g/mol. The zero-order chi connectivity index (χ0) is 17.2. The number of aromatic nitrogens is 1. The van der Waals surface area contributed by atoms with Crippen molar-refractivity contribution in [1.29, 1.82) is 5.26 Å². The summed E-state index contributed by atoms with van der Waals surface area (Å²) in [6.45, 7) is 1.76. The Hall–Kier alpha value is -2.62. The molecule has 0 fully saturated rings. The van der Waals surface area contributed by atoms with Crippen molar-refractivity contribution in [3.8, 4) is 6.07 Å². The Labute approximate surface area is 130 Å². The van der Waals surface area contributed by atoms with E-state index in [1.165, 1.54) is 23.1 Å². The highest BCUT2D eigenvalue weighted by molar-refractivity contribution is 5.49. The van der Waals surface area contributed by atoms with Crippen LogP contribution in [0.4, 0.5) is 23.4 Å². The Kier molecular flexibility index (Phi) is 4.55. The number of halogens is 4. The number of alkyl halides is 3. The van der Waals surface area contributed by atoms with Gasteiger partial charge in [-0.25, -0.2) is 9.37 Å². The summed E-state index contributed by atoms with van der Waals surface area (Å²) in [4.78, 5) is 5.45. The van der Waals surface area contributed by atoms with Gasteiger partial charge in [0.2, 0.25) is 0 Å². The van der Waals surface area contributed by atoms with Gasteiger partial charge in [-0.05, 0) is 30.7 Å². The van der Waals surface area contributed by atoms with E-state index in [0.29, 0.717) is 0 Å². The fourth-order valence-corrected chi connectivity index (χ4v) is 2.12. The fourth-order valence-electron chi connectivity index (χ4n) is 2.12. The van der Waals surface area contributed by atoms with Crippen LogP contribution in [0.3, 0.4) is 0 Å². The summed E-state index contributed by atoms with van der Waals surface area (Å²) >= 11 is 0. The molecule has 0 aliphatic rings. The average molecular weight is 323 g/mol. The van der Waals surface area contributed by atoms with E-state index in [0.717, 1.165) is 17.8 Å². The van der Waals surface area contributed by atoms with Gasteiger partial charge in [-0.15, -0.1) is 0 Å². The van der Waals surface area contributed by atoms with Gasteiger partial charge in [0, 0.05) is 13.2 Å². The van der Waals surface area contributed by atoms with E-state index in [2.05, 4.69) is 4.98 Å². The van der Waals surface area contributed by atoms with Gasteiger partial charge in [-0.1, -0.05) is 12.1 Å². The van der Waals surface area contributed by atoms with E-state index in [1.807, 2.05) is 0 Å². The standard InChI is InChI=1S/C16H13F4N3/c1-10(11-3-5-13(17)6-4-11)23(2)15-7-14(16(18,19)20)12(8-21)9-22-15/h3-7,9-10H,1-2H3. The van der Waals surface area contributed by atoms with Crippen molar-refractivity contribution in [1.82, 2.24) is 4.98 Å². The number of hydrogen-bond donors (Lipinski definition) is 0. The van der Waals surface area contributed by atoms with Crippen molar-refractivity contribution >= 4 is 5.82 Å². The molecule has 1 heterocycles. The smallest absolute Gasteiger partial charge is 0.353 e. The monoisotopic (exact) mass is 323 g/mol. The van der Waals surface area contributed by atoms with E-state index in [9.17, 15) is 17.6 Å². The maximum absolute atomic E-state index is 13.0. The van der Waals surface area contributed by atoms with Crippen molar-refractivity contribution in [2.45, 2.75) is 19.1 Å². The molecule has 0 aliphatic carbocycles. The van der Waals surface area contributed by atoms with Crippen molar-refractivity contribution < 1.29 is 17.6 Å². The molecule has 0 saturated carbocycles. The molecule has 0 saturated heterocycles. The molecule has 0 spiro atoms. The Morgan fingerprint density at radius 2 is 1.83 bits per heavy atom. The summed E-state index contributed by atoms with van der Waals surface area (Å²) < 4.78 is 52.0. The molecule has 0 N–H and O–H groups in total. The predicted octanol–water partition coefficient (Wildman–Crippen LogP) is 4.31. The highest BCUT2D eigenvalue weighted by atomic mass is 19.4. The molecule has 0 aliphatic heterocycles. The van der Waals surface area contributed by atoms with Crippen LogP contribution in [0, 0.1) is 17.1 Å². The molecule has 120 valence electrons. The fraction of sp³-hybridized carbons (Fsp3) is 0.250. The molecule has 0 amide bonds. The van der Waals surface area contributed by atoms with Crippen LogP contribution < -0.4 is 4.90 Å². The van der Waals surface area contributed by atoms with Crippen LogP contribution in [-0.2, 0) is 6.18 Å². The van der Waals surface area contributed by atoms with Crippen molar-refractivity contribution in [3.63, 3.8) is 0 Å². The normalized spacial score (nSPS) is 12.6.